The summed E-state index contributed by atoms with van der Waals surface area (Å²) in [4.78, 5) is 26.9. The number of anilines is 2. The molecule has 8 heteroatoms. The molecule has 3 rings (SSSR count). The standard InChI is InChI=1S/C19H21FN2O4S/c1-3-26-19(24)17-12(2)8-16(27-17)21-18(23)13-9-14(20)11-15(10-13)22-4-6-25-7-5-22/h8-11H,3-7H2,1-2H3,(H,21,23). The first-order valence-corrected chi connectivity index (χ1v) is 9.51. The van der Waals surface area contributed by atoms with E-state index < -0.39 is 17.7 Å². The van der Waals surface area contributed by atoms with Crippen LogP contribution in [-0.2, 0) is 9.47 Å². The van der Waals surface area contributed by atoms with Crippen molar-refractivity contribution in [3.63, 3.8) is 0 Å². The molecule has 1 N–H and O–H groups in total. The highest BCUT2D eigenvalue weighted by Gasteiger charge is 2.18. The molecule has 6 nitrogen and oxygen atoms in total. The van der Waals surface area contributed by atoms with Gasteiger partial charge in [0.15, 0.2) is 0 Å². The van der Waals surface area contributed by atoms with E-state index in [1.165, 1.54) is 12.1 Å². The fourth-order valence-corrected chi connectivity index (χ4v) is 3.80. The van der Waals surface area contributed by atoms with Crippen LogP contribution in [0.4, 0.5) is 15.1 Å². The summed E-state index contributed by atoms with van der Waals surface area (Å²) in [6.45, 7) is 6.24. The minimum absolute atomic E-state index is 0.222. The first kappa shape index (κ1) is 19.3. The van der Waals surface area contributed by atoms with Crippen LogP contribution in [0.2, 0.25) is 0 Å². The maximum absolute atomic E-state index is 14.0. The van der Waals surface area contributed by atoms with Gasteiger partial charge in [0, 0.05) is 24.3 Å². The summed E-state index contributed by atoms with van der Waals surface area (Å²) in [5.74, 6) is -1.32. The van der Waals surface area contributed by atoms with Gasteiger partial charge in [-0.2, -0.15) is 0 Å². The van der Waals surface area contributed by atoms with Crippen molar-refractivity contribution in [2.24, 2.45) is 0 Å². The topological polar surface area (TPSA) is 67.9 Å². The van der Waals surface area contributed by atoms with Crippen LogP contribution in [0.15, 0.2) is 24.3 Å². The summed E-state index contributed by atoms with van der Waals surface area (Å²) in [5.41, 5.74) is 1.60. The first-order chi connectivity index (χ1) is 13.0. The molecule has 144 valence electrons. The third kappa shape index (κ3) is 4.64. The van der Waals surface area contributed by atoms with Crippen LogP contribution in [-0.4, -0.2) is 44.8 Å². The molecule has 2 heterocycles. The molecule has 27 heavy (non-hydrogen) atoms. The van der Waals surface area contributed by atoms with Crippen molar-refractivity contribution in [2.45, 2.75) is 13.8 Å². The van der Waals surface area contributed by atoms with Crippen LogP contribution in [0.3, 0.4) is 0 Å². The molecule has 1 aliphatic rings. The molecule has 1 saturated heterocycles. The Labute approximate surface area is 160 Å². The van der Waals surface area contributed by atoms with Gasteiger partial charge >= 0.3 is 5.97 Å². The molecule has 2 aromatic rings. The van der Waals surface area contributed by atoms with E-state index >= 15 is 0 Å². The zero-order chi connectivity index (χ0) is 19.4. The number of morpholine rings is 1. The van der Waals surface area contributed by atoms with E-state index in [1.807, 2.05) is 4.90 Å². The van der Waals surface area contributed by atoms with E-state index in [-0.39, 0.29) is 12.2 Å². The van der Waals surface area contributed by atoms with Gasteiger partial charge in [0.25, 0.3) is 5.91 Å². The predicted octanol–water partition coefficient (Wildman–Crippen LogP) is 3.46. The fourth-order valence-electron chi connectivity index (χ4n) is 2.84. The summed E-state index contributed by atoms with van der Waals surface area (Å²) in [6, 6.07) is 5.98. The molecule has 0 bridgehead atoms. The number of hydrogen-bond donors (Lipinski definition) is 1. The number of aryl methyl sites for hydroxylation is 1. The van der Waals surface area contributed by atoms with E-state index in [2.05, 4.69) is 5.32 Å². The van der Waals surface area contributed by atoms with Crippen LogP contribution in [0.25, 0.3) is 0 Å². The number of benzene rings is 1. The van der Waals surface area contributed by atoms with Crippen molar-refractivity contribution >= 4 is 33.9 Å². The van der Waals surface area contributed by atoms with Gasteiger partial charge in [0.2, 0.25) is 0 Å². The number of hydrogen-bond acceptors (Lipinski definition) is 6. The summed E-state index contributed by atoms with van der Waals surface area (Å²) >= 11 is 1.14. The molecule has 0 aliphatic carbocycles. The van der Waals surface area contributed by atoms with Gasteiger partial charge in [-0.15, -0.1) is 11.3 Å². The summed E-state index contributed by atoms with van der Waals surface area (Å²) in [6.07, 6.45) is 0. The van der Waals surface area contributed by atoms with Crippen molar-refractivity contribution in [1.29, 1.82) is 0 Å². The normalized spacial score (nSPS) is 14.1. The van der Waals surface area contributed by atoms with Crippen molar-refractivity contribution in [3.05, 3.63) is 46.1 Å². The number of nitrogens with one attached hydrogen (secondary N) is 1. The van der Waals surface area contributed by atoms with Crippen molar-refractivity contribution in [3.8, 4) is 0 Å². The second-order valence-corrected chi connectivity index (χ2v) is 7.15. The van der Waals surface area contributed by atoms with Gasteiger partial charge in [-0.3, -0.25) is 4.79 Å². The lowest BCUT2D eigenvalue weighted by molar-refractivity contribution is 0.0531. The highest BCUT2D eigenvalue weighted by Crippen LogP contribution is 2.28. The maximum atomic E-state index is 14.0. The number of ether oxygens (including phenoxy) is 2. The Balaban J connectivity index is 1.77. The average Bonchev–Trinajstić information content (AvgIpc) is 3.02. The van der Waals surface area contributed by atoms with Crippen LogP contribution in [0, 0.1) is 12.7 Å². The number of nitrogens with zero attached hydrogens (tertiary/aromatic N) is 1. The quantitative estimate of drug-likeness (QED) is 0.790. The second-order valence-electron chi connectivity index (χ2n) is 6.09. The molecule has 0 saturated carbocycles. The van der Waals surface area contributed by atoms with Crippen LogP contribution in [0.5, 0.6) is 0 Å². The van der Waals surface area contributed by atoms with Gasteiger partial charge in [0.1, 0.15) is 10.7 Å². The Kier molecular flexibility index (Phi) is 6.08. The van der Waals surface area contributed by atoms with E-state index in [4.69, 9.17) is 9.47 Å². The lowest BCUT2D eigenvalue weighted by atomic mass is 10.1. The van der Waals surface area contributed by atoms with Gasteiger partial charge in [-0.05, 0) is 43.7 Å². The largest absolute Gasteiger partial charge is 0.462 e. The Bertz CT molecular complexity index is 846. The minimum atomic E-state index is -0.473. The molecular formula is C19H21FN2O4S. The monoisotopic (exact) mass is 392 g/mol. The van der Waals surface area contributed by atoms with Crippen LogP contribution >= 0.6 is 11.3 Å². The number of halogens is 1. The molecule has 0 spiro atoms. The van der Waals surface area contributed by atoms with E-state index in [9.17, 15) is 14.0 Å². The Morgan fingerprint density at radius 1 is 1.26 bits per heavy atom. The summed E-state index contributed by atoms with van der Waals surface area (Å²) in [5, 5.41) is 3.25. The lowest BCUT2D eigenvalue weighted by Crippen LogP contribution is -2.36. The fraction of sp³-hybridized carbons (Fsp3) is 0.368. The average molecular weight is 392 g/mol. The van der Waals surface area contributed by atoms with Gasteiger partial charge < -0.3 is 19.7 Å². The van der Waals surface area contributed by atoms with Crippen LogP contribution in [0.1, 0.15) is 32.5 Å². The number of thiophene rings is 1. The van der Waals surface area contributed by atoms with Crippen molar-refractivity contribution in [2.75, 3.05) is 43.1 Å². The third-order valence-corrected chi connectivity index (χ3v) is 5.27. The smallest absolute Gasteiger partial charge is 0.348 e. The van der Waals surface area contributed by atoms with Gasteiger partial charge in [-0.25, -0.2) is 9.18 Å². The molecule has 1 amide bonds. The molecule has 0 radical (unpaired) electrons. The van der Waals surface area contributed by atoms with Crippen molar-refractivity contribution in [1.82, 2.24) is 0 Å². The van der Waals surface area contributed by atoms with E-state index in [0.717, 1.165) is 16.9 Å². The first-order valence-electron chi connectivity index (χ1n) is 8.70. The summed E-state index contributed by atoms with van der Waals surface area (Å²) < 4.78 is 24.4. The molecular weight excluding hydrogens is 371 g/mol. The Hall–Kier alpha value is -2.45. The van der Waals surface area contributed by atoms with Crippen LogP contribution < -0.4 is 10.2 Å². The zero-order valence-corrected chi connectivity index (χ0v) is 16.0. The molecule has 0 unspecified atom stereocenters. The molecule has 1 aliphatic heterocycles. The van der Waals surface area contributed by atoms with Gasteiger partial charge in [0.05, 0.1) is 24.8 Å². The molecule has 1 aromatic carbocycles. The highest BCUT2D eigenvalue weighted by molar-refractivity contribution is 7.18. The third-order valence-electron chi connectivity index (χ3n) is 4.14. The Morgan fingerprint density at radius 2 is 2.00 bits per heavy atom. The number of esters is 1. The number of carbonyl (C=O) groups is 2. The van der Waals surface area contributed by atoms with Crippen molar-refractivity contribution < 1.29 is 23.5 Å². The lowest BCUT2D eigenvalue weighted by Gasteiger charge is -2.29. The zero-order valence-electron chi connectivity index (χ0n) is 15.2. The van der Waals surface area contributed by atoms with Gasteiger partial charge in [-0.1, -0.05) is 0 Å². The molecule has 1 aromatic heterocycles. The maximum Gasteiger partial charge on any atom is 0.348 e. The molecule has 0 atom stereocenters. The second kappa shape index (κ2) is 8.49. The minimum Gasteiger partial charge on any atom is -0.462 e. The predicted molar refractivity (Wildman–Crippen MR) is 102 cm³/mol. The Morgan fingerprint density at radius 3 is 2.70 bits per heavy atom. The highest BCUT2D eigenvalue weighted by atomic mass is 32.1. The SMILES string of the molecule is CCOC(=O)c1sc(NC(=O)c2cc(F)cc(N3CCOCC3)c2)cc1C. The number of amides is 1. The number of rotatable bonds is 5. The number of carbonyl (C=O) groups excluding carboxylic acids is 2. The van der Waals surface area contributed by atoms with E-state index in [0.29, 0.717) is 41.9 Å². The molecule has 1 fully saturated rings. The van der Waals surface area contributed by atoms with E-state index in [1.54, 1.807) is 26.0 Å². The summed E-state index contributed by atoms with van der Waals surface area (Å²) in [7, 11) is 0.